The van der Waals surface area contributed by atoms with E-state index >= 15 is 0 Å². The Morgan fingerprint density at radius 2 is 2.07 bits per heavy atom. The van der Waals surface area contributed by atoms with Crippen molar-refractivity contribution in [2.75, 3.05) is 12.4 Å². The van der Waals surface area contributed by atoms with Gasteiger partial charge < -0.3 is 10.1 Å². The molecule has 0 saturated carbocycles. The molecule has 0 radical (unpaired) electrons. The summed E-state index contributed by atoms with van der Waals surface area (Å²) in [7, 11) is 1.60. The number of aromatic nitrogens is 2. The maximum Gasteiger partial charge on any atom is 0.232 e. The zero-order valence-electron chi connectivity index (χ0n) is 14.2. The van der Waals surface area contributed by atoms with Crippen LogP contribution in [0.1, 0.15) is 5.69 Å². The predicted molar refractivity (Wildman–Crippen MR) is 111 cm³/mol. The fraction of sp³-hybridized carbons (Fsp3) is 0.105. The van der Waals surface area contributed by atoms with Crippen molar-refractivity contribution in [1.82, 2.24) is 9.97 Å². The number of nitrogens with one attached hydrogen (secondary N) is 1. The Kier molecular flexibility index (Phi) is 5.07. The molecule has 2 heterocycles. The molecule has 0 atom stereocenters. The first kappa shape index (κ1) is 17.9. The Bertz CT molecular complexity index is 1120. The van der Waals surface area contributed by atoms with Crippen LogP contribution in [-0.2, 0) is 11.2 Å². The van der Waals surface area contributed by atoms with Gasteiger partial charge in [-0.15, -0.1) is 11.3 Å². The van der Waals surface area contributed by atoms with Gasteiger partial charge in [-0.2, -0.15) is 0 Å². The number of anilines is 1. The molecule has 0 fully saturated rings. The minimum Gasteiger partial charge on any atom is -0.494 e. The number of methoxy groups -OCH3 is 1. The van der Waals surface area contributed by atoms with Crippen molar-refractivity contribution in [3.63, 3.8) is 0 Å². The molecule has 0 aliphatic carbocycles. The van der Waals surface area contributed by atoms with Gasteiger partial charge in [0.2, 0.25) is 5.91 Å². The number of benzene rings is 2. The molecule has 1 amide bonds. The van der Waals surface area contributed by atoms with E-state index in [0.29, 0.717) is 21.6 Å². The number of fused-ring (bicyclic) bond motifs is 1. The minimum atomic E-state index is -0.157. The molecule has 27 heavy (non-hydrogen) atoms. The number of hydrogen-bond donors (Lipinski definition) is 1. The highest BCUT2D eigenvalue weighted by Crippen LogP contribution is 2.32. The molecular weight excluding hydrogens is 402 g/mol. The highest BCUT2D eigenvalue weighted by atomic mass is 35.5. The minimum absolute atomic E-state index is 0.157. The second-order valence-electron chi connectivity index (χ2n) is 5.71. The van der Waals surface area contributed by atoms with E-state index in [9.17, 15) is 4.79 Å². The smallest absolute Gasteiger partial charge is 0.232 e. The molecule has 0 saturated heterocycles. The van der Waals surface area contributed by atoms with E-state index in [2.05, 4.69) is 15.3 Å². The number of hydrogen-bond acceptors (Lipinski definition) is 6. The van der Waals surface area contributed by atoms with Crippen molar-refractivity contribution in [2.45, 2.75) is 6.42 Å². The van der Waals surface area contributed by atoms with Gasteiger partial charge in [0.15, 0.2) is 5.13 Å². The monoisotopic (exact) mass is 415 g/mol. The molecule has 4 rings (SSSR count). The molecular formula is C19H14ClN3O2S2. The van der Waals surface area contributed by atoms with Crippen LogP contribution in [0, 0.1) is 0 Å². The SMILES string of the molecule is COc1cccc2sc(NC(=O)Cc3csc(-c4cccc(Cl)c4)n3)nc12. The first-order chi connectivity index (χ1) is 13.1. The van der Waals surface area contributed by atoms with Crippen LogP contribution in [0.4, 0.5) is 5.13 Å². The van der Waals surface area contributed by atoms with E-state index in [-0.39, 0.29) is 12.3 Å². The van der Waals surface area contributed by atoms with Crippen LogP contribution >= 0.6 is 34.3 Å². The summed E-state index contributed by atoms with van der Waals surface area (Å²) in [5.74, 6) is 0.533. The van der Waals surface area contributed by atoms with Crippen LogP contribution in [0.25, 0.3) is 20.8 Å². The topological polar surface area (TPSA) is 64.1 Å². The Hall–Kier alpha value is -2.48. The van der Waals surface area contributed by atoms with Crippen LogP contribution in [0.15, 0.2) is 47.8 Å². The molecule has 0 aliphatic rings. The number of rotatable bonds is 5. The lowest BCUT2D eigenvalue weighted by Gasteiger charge is -2.00. The molecule has 2 aromatic carbocycles. The second kappa shape index (κ2) is 7.64. The van der Waals surface area contributed by atoms with Crippen LogP contribution in [0.2, 0.25) is 5.02 Å². The number of para-hydroxylation sites is 1. The fourth-order valence-corrected chi connectivity index (χ4v) is 4.52. The van der Waals surface area contributed by atoms with Gasteiger partial charge in [-0.3, -0.25) is 4.79 Å². The van der Waals surface area contributed by atoms with Crippen molar-refractivity contribution in [3.8, 4) is 16.3 Å². The number of ether oxygens (including phenoxy) is 1. The molecule has 8 heteroatoms. The van der Waals surface area contributed by atoms with E-state index < -0.39 is 0 Å². The third-order valence-corrected chi connectivity index (χ3v) is 5.92. The molecule has 0 aliphatic heterocycles. The maximum absolute atomic E-state index is 12.4. The van der Waals surface area contributed by atoms with Crippen LogP contribution in [-0.4, -0.2) is 23.0 Å². The zero-order chi connectivity index (χ0) is 18.8. The fourth-order valence-electron chi connectivity index (χ4n) is 2.61. The Morgan fingerprint density at radius 3 is 2.89 bits per heavy atom. The number of carbonyl (C=O) groups excluding carboxylic acids is 1. The summed E-state index contributed by atoms with van der Waals surface area (Å²) in [5.41, 5.74) is 2.40. The van der Waals surface area contributed by atoms with Gasteiger partial charge in [0.05, 0.1) is 23.9 Å². The number of amides is 1. The highest BCUT2D eigenvalue weighted by molar-refractivity contribution is 7.22. The highest BCUT2D eigenvalue weighted by Gasteiger charge is 2.13. The maximum atomic E-state index is 12.4. The molecule has 0 unspecified atom stereocenters. The van der Waals surface area contributed by atoms with Crippen LogP contribution in [0.3, 0.4) is 0 Å². The number of thiazole rings is 2. The summed E-state index contributed by atoms with van der Waals surface area (Å²) in [6.07, 6.45) is 0.185. The largest absolute Gasteiger partial charge is 0.494 e. The summed E-state index contributed by atoms with van der Waals surface area (Å²) in [5, 5.41) is 6.78. The molecule has 5 nitrogen and oxygen atoms in total. The third-order valence-electron chi connectivity index (χ3n) is 3.81. The van der Waals surface area contributed by atoms with Gasteiger partial charge in [-0.25, -0.2) is 9.97 Å². The second-order valence-corrected chi connectivity index (χ2v) is 8.03. The third kappa shape index (κ3) is 3.95. The van der Waals surface area contributed by atoms with E-state index in [1.807, 2.05) is 47.8 Å². The Labute approximate surface area is 168 Å². The van der Waals surface area contributed by atoms with Gasteiger partial charge in [0, 0.05) is 16.0 Å². The number of carbonyl (C=O) groups is 1. The number of halogens is 1. The van der Waals surface area contributed by atoms with Crippen molar-refractivity contribution < 1.29 is 9.53 Å². The van der Waals surface area contributed by atoms with E-state index in [4.69, 9.17) is 16.3 Å². The lowest BCUT2D eigenvalue weighted by atomic mass is 10.2. The van der Waals surface area contributed by atoms with Crippen molar-refractivity contribution >= 4 is 55.5 Å². The summed E-state index contributed by atoms with van der Waals surface area (Å²) < 4.78 is 6.27. The summed E-state index contributed by atoms with van der Waals surface area (Å²) >= 11 is 8.93. The lowest BCUT2D eigenvalue weighted by Crippen LogP contribution is -2.14. The van der Waals surface area contributed by atoms with Gasteiger partial charge in [0.25, 0.3) is 0 Å². The van der Waals surface area contributed by atoms with Gasteiger partial charge in [0.1, 0.15) is 16.3 Å². The molecule has 136 valence electrons. The van der Waals surface area contributed by atoms with Gasteiger partial charge in [-0.05, 0) is 24.3 Å². The number of nitrogens with zero attached hydrogens (tertiary/aromatic N) is 2. The normalized spacial score (nSPS) is 10.9. The van der Waals surface area contributed by atoms with Crippen molar-refractivity contribution in [1.29, 1.82) is 0 Å². The van der Waals surface area contributed by atoms with Crippen LogP contribution < -0.4 is 10.1 Å². The van der Waals surface area contributed by atoms with E-state index in [1.165, 1.54) is 22.7 Å². The molecule has 2 aromatic heterocycles. The first-order valence-electron chi connectivity index (χ1n) is 8.06. The molecule has 0 spiro atoms. The van der Waals surface area contributed by atoms with Crippen LogP contribution in [0.5, 0.6) is 5.75 Å². The lowest BCUT2D eigenvalue weighted by molar-refractivity contribution is -0.115. The van der Waals surface area contributed by atoms with Gasteiger partial charge >= 0.3 is 0 Å². The summed E-state index contributed by atoms with van der Waals surface area (Å²) in [4.78, 5) is 21.4. The Morgan fingerprint density at radius 1 is 1.22 bits per heavy atom. The first-order valence-corrected chi connectivity index (χ1v) is 10.1. The predicted octanol–water partition coefficient (Wildman–Crippen LogP) is 5.26. The molecule has 4 aromatic rings. The molecule has 0 bridgehead atoms. The van der Waals surface area contributed by atoms with E-state index in [0.717, 1.165) is 20.8 Å². The quantitative estimate of drug-likeness (QED) is 0.482. The van der Waals surface area contributed by atoms with E-state index in [1.54, 1.807) is 7.11 Å². The average molecular weight is 416 g/mol. The Balaban J connectivity index is 1.47. The zero-order valence-corrected chi connectivity index (χ0v) is 16.6. The van der Waals surface area contributed by atoms with Crippen molar-refractivity contribution in [2.24, 2.45) is 0 Å². The standard InChI is InChI=1S/C19H14ClN3O2S2/c1-25-14-6-3-7-15-17(14)23-19(27-15)22-16(24)9-13-10-26-18(21-13)11-4-2-5-12(20)8-11/h2-8,10H,9H2,1H3,(H,22,23,24). The summed E-state index contributed by atoms with van der Waals surface area (Å²) in [6, 6.07) is 13.2. The summed E-state index contributed by atoms with van der Waals surface area (Å²) in [6.45, 7) is 0. The van der Waals surface area contributed by atoms with Gasteiger partial charge in [-0.1, -0.05) is 41.1 Å². The molecule has 1 N–H and O–H groups in total. The average Bonchev–Trinajstić information content (AvgIpc) is 3.27. The van der Waals surface area contributed by atoms with Crippen molar-refractivity contribution in [3.05, 3.63) is 58.6 Å².